The summed E-state index contributed by atoms with van der Waals surface area (Å²) in [5, 5.41) is 10.9. The first-order valence-corrected chi connectivity index (χ1v) is 5.04. The zero-order valence-corrected chi connectivity index (χ0v) is 9.05. The van der Waals surface area contributed by atoms with E-state index in [4.69, 9.17) is 5.26 Å². The topological polar surface area (TPSA) is 56.1 Å². The Hall–Kier alpha value is -1.08. The van der Waals surface area contributed by atoms with Crippen LogP contribution in [-0.2, 0) is 4.79 Å². The second-order valence-corrected chi connectivity index (χ2v) is 3.16. The summed E-state index contributed by atoms with van der Waals surface area (Å²) >= 11 is 0. The molecule has 0 bridgehead atoms. The normalized spacial score (nSPS) is 9.86. The van der Waals surface area contributed by atoms with E-state index in [1.807, 2.05) is 6.92 Å². The fourth-order valence-electron chi connectivity index (χ4n) is 1.17. The molecule has 0 atom stereocenters. The van der Waals surface area contributed by atoms with Crippen molar-refractivity contribution in [2.24, 2.45) is 0 Å². The highest BCUT2D eigenvalue weighted by molar-refractivity contribution is 5.77. The zero-order chi connectivity index (χ0) is 10.8. The summed E-state index contributed by atoms with van der Waals surface area (Å²) in [6.45, 7) is 4.26. The average molecular weight is 197 g/mol. The minimum atomic E-state index is 0.0483. The summed E-state index contributed by atoms with van der Waals surface area (Å²) in [6.07, 6.45) is 2.51. The van der Waals surface area contributed by atoms with Crippen molar-refractivity contribution in [1.82, 2.24) is 10.2 Å². The number of nitriles is 1. The van der Waals surface area contributed by atoms with E-state index in [9.17, 15) is 4.79 Å². The van der Waals surface area contributed by atoms with Crippen LogP contribution in [0.15, 0.2) is 0 Å². The fraction of sp³-hybridized carbons (Fsp3) is 0.800. The molecule has 0 heterocycles. The van der Waals surface area contributed by atoms with E-state index < -0.39 is 0 Å². The third kappa shape index (κ3) is 6.44. The molecule has 0 aliphatic rings. The molecule has 1 N–H and O–H groups in total. The molecule has 0 spiro atoms. The van der Waals surface area contributed by atoms with Crippen molar-refractivity contribution in [1.29, 1.82) is 5.26 Å². The molecule has 0 radical (unpaired) electrons. The Bertz CT molecular complexity index is 198. The van der Waals surface area contributed by atoms with E-state index in [2.05, 4.69) is 16.3 Å². The highest BCUT2D eigenvalue weighted by atomic mass is 16.1. The molecule has 4 nitrogen and oxygen atoms in total. The van der Waals surface area contributed by atoms with Crippen molar-refractivity contribution in [3.05, 3.63) is 0 Å². The van der Waals surface area contributed by atoms with Gasteiger partial charge >= 0.3 is 0 Å². The van der Waals surface area contributed by atoms with Crippen molar-refractivity contribution in [2.45, 2.75) is 26.2 Å². The van der Waals surface area contributed by atoms with Crippen LogP contribution in [0.3, 0.4) is 0 Å². The number of unbranched alkanes of at least 4 members (excludes halogenated alkanes) is 2. The van der Waals surface area contributed by atoms with Crippen molar-refractivity contribution >= 4 is 5.91 Å². The summed E-state index contributed by atoms with van der Waals surface area (Å²) < 4.78 is 0. The van der Waals surface area contributed by atoms with Crippen molar-refractivity contribution in [3.8, 4) is 6.07 Å². The molecule has 0 saturated carbocycles. The Balaban J connectivity index is 3.58. The number of rotatable bonds is 7. The molecular weight excluding hydrogens is 178 g/mol. The number of likely N-dealkylation sites (N-methyl/N-ethyl adjacent to an activating group) is 2. The molecule has 0 saturated heterocycles. The number of carbonyl (C=O) groups is 1. The highest BCUT2D eigenvalue weighted by Gasteiger charge is 2.06. The standard InChI is InChI=1S/C10H19N3O/c1-3-13(9-10(14)12-2)8-6-4-5-7-11/h3-6,8-9H2,1-2H3,(H,12,14). The third-order valence-corrected chi connectivity index (χ3v) is 2.11. The molecule has 0 aliphatic heterocycles. The van der Waals surface area contributed by atoms with E-state index in [-0.39, 0.29) is 5.91 Å². The maximum Gasteiger partial charge on any atom is 0.233 e. The van der Waals surface area contributed by atoms with Gasteiger partial charge in [0.25, 0.3) is 0 Å². The SMILES string of the molecule is CCN(CCCCC#N)CC(=O)NC. The van der Waals surface area contributed by atoms with Crippen molar-refractivity contribution < 1.29 is 4.79 Å². The van der Waals surface area contributed by atoms with Gasteiger partial charge in [-0.3, -0.25) is 9.69 Å². The van der Waals surface area contributed by atoms with Crippen molar-refractivity contribution in [2.75, 3.05) is 26.7 Å². The largest absolute Gasteiger partial charge is 0.358 e. The molecule has 0 unspecified atom stereocenters. The minimum Gasteiger partial charge on any atom is -0.358 e. The molecule has 0 aromatic heterocycles. The number of nitrogens with one attached hydrogen (secondary N) is 1. The second kappa shape index (κ2) is 8.52. The number of nitrogens with zero attached hydrogens (tertiary/aromatic N) is 2. The lowest BCUT2D eigenvalue weighted by Gasteiger charge is -2.18. The van der Waals surface area contributed by atoms with E-state index in [1.165, 1.54) is 0 Å². The maximum absolute atomic E-state index is 11.1. The summed E-state index contributed by atoms with van der Waals surface area (Å²) in [4.78, 5) is 13.1. The van der Waals surface area contributed by atoms with E-state index in [1.54, 1.807) is 7.05 Å². The first kappa shape index (κ1) is 12.9. The number of amides is 1. The van der Waals surface area contributed by atoms with Crippen LogP contribution in [0, 0.1) is 11.3 Å². The number of hydrogen-bond donors (Lipinski definition) is 1. The zero-order valence-electron chi connectivity index (χ0n) is 9.05. The predicted molar refractivity (Wildman–Crippen MR) is 55.6 cm³/mol. The van der Waals surface area contributed by atoms with Gasteiger partial charge in [0.2, 0.25) is 5.91 Å². The lowest BCUT2D eigenvalue weighted by molar-refractivity contribution is -0.121. The number of carbonyl (C=O) groups excluding carboxylic acids is 1. The van der Waals surface area contributed by atoms with Gasteiger partial charge in [-0.25, -0.2) is 0 Å². The van der Waals surface area contributed by atoms with Gasteiger partial charge in [0.05, 0.1) is 12.6 Å². The van der Waals surface area contributed by atoms with E-state index in [0.717, 1.165) is 25.9 Å². The van der Waals surface area contributed by atoms with Crippen LogP contribution in [0.2, 0.25) is 0 Å². The van der Waals surface area contributed by atoms with Gasteiger partial charge in [-0.15, -0.1) is 0 Å². The summed E-state index contributed by atoms with van der Waals surface area (Å²) in [5.41, 5.74) is 0. The van der Waals surface area contributed by atoms with Crippen LogP contribution in [0.25, 0.3) is 0 Å². The summed E-state index contributed by atoms with van der Waals surface area (Å²) in [6, 6.07) is 2.11. The molecule has 0 aromatic carbocycles. The maximum atomic E-state index is 11.1. The fourth-order valence-corrected chi connectivity index (χ4v) is 1.17. The lowest BCUT2D eigenvalue weighted by atomic mass is 10.2. The van der Waals surface area contributed by atoms with Crippen LogP contribution in [-0.4, -0.2) is 37.5 Å². The monoisotopic (exact) mass is 197 g/mol. The molecular formula is C10H19N3O. The van der Waals surface area contributed by atoms with Crippen LogP contribution in [0.5, 0.6) is 0 Å². The molecule has 0 aliphatic carbocycles. The lowest BCUT2D eigenvalue weighted by Crippen LogP contribution is -2.36. The van der Waals surface area contributed by atoms with Gasteiger partial charge < -0.3 is 5.32 Å². The van der Waals surface area contributed by atoms with Gasteiger partial charge in [-0.1, -0.05) is 6.92 Å². The minimum absolute atomic E-state index is 0.0483. The Morgan fingerprint density at radius 2 is 2.21 bits per heavy atom. The number of hydrogen-bond acceptors (Lipinski definition) is 3. The first-order chi connectivity index (χ1) is 6.74. The Morgan fingerprint density at radius 1 is 1.50 bits per heavy atom. The second-order valence-electron chi connectivity index (χ2n) is 3.16. The Labute approximate surface area is 85.9 Å². The van der Waals surface area contributed by atoms with Crippen LogP contribution in [0.4, 0.5) is 0 Å². The van der Waals surface area contributed by atoms with E-state index in [0.29, 0.717) is 13.0 Å². The Kier molecular flexibility index (Phi) is 7.86. The van der Waals surface area contributed by atoms with Gasteiger partial charge in [-0.05, 0) is 25.9 Å². The third-order valence-electron chi connectivity index (χ3n) is 2.11. The quantitative estimate of drug-likeness (QED) is 0.613. The summed E-state index contributed by atoms with van der Waals surface area (Å²) in [7, 11) is 1.64. The first-order valence-electron chi connectivity index (χ1n) is 5.04. The van der Waals surface area contributed by atoms with Crippen molar-refractivity contribution in [3.63, 3.8) is 0 Å². The van der Waals surface area contributed by atoms with Crippen LogP contribution < -0.4 is 5.32 Å². The molecule has 80 valence electrons. The molecule has 14 heavy (non-hydrogen) atoms. The molecule has 1 amide bonds. The van der Waals surface area contributed by atoms with Gasteiger partial charge in [-0.2, -0.15) is 5.26 Å². The van der Waals surface area contributed by atoms with Gasteiger partial charge in [0.1, 0.15) is 0 Å². The highest BCUT2D eigenvalue weighted by Crippen LogP contribution is 1.97. The molecule has 0 aromatic rings. The molecule has 0 fully saturated rings. The predicted octanol–water partition coefficient (Wildman–Crippen LogP) is 0.748. The van der Waals surface area contributed by atoms with Crippen LogP contribution in [0.1, 0.15) is 26.2 Å². The van der Waals surface area contributed by atoms with Crippen LogP contribution >= 0.6 is 0 Å². The van der Waals surface area contributed by atoms with Gasteiger partial charge in [0.15, 0.2) is 0 Å². The summed E-state index contributed by atoms with van der Waals surface area (Å²) in [5.74, 6) is 0.0483. The average Bonchev–Trinajstić information content (AvgIpc) is 2.22. The molecule has 0 rings (SSSR count). The smallest absolute Gasteiger partial charge is 0.233 e. The Morgan fingerprint density at radius 3 is 2.71 bits per heavy atom. The van der Waals surface area contributed by atoms with E-state index >= 15 is 0 Å². The van der Waals surface area contributed by atoms with Gasteiger partial charge in [0, 0.05) is 13.5 Å². The molecule has 4 heteroatoms.